The van der Waals surface area contributed by atoms with Gasteiger partial charge in [-0.05, 0) is 37.0 Å². The van der Waals surface area contributed by atoms with Crippen molar-refractivity contribution < 1.29 is 19.4 Å². The third kappa shape index (κ3) is 5.14. The molecule has 4 nitrogen and oxygen atoms in total. The maximum atomic E-state index is 11.5. The second-order valence-electron chi connectivity index (χ2n) is 4.25. The Morgan fingerprint density at radius 3 is 2.89 bits per heavy atom. The first kappa shape index (κ1) is 15.2. The quantitative estimate of drug-likeness (QED) is 0.467. The number of hydrogen-bond acceptors (Lipinski definition) is 4. The standard InChI is InChI=1S/C15H20O4/c1-4-5-13-10-12(6-8-14(13)16)7-9-15(17)19-11(2)18-3/h4,6,8,10-11,16H,1,5,7,9H2,2-3H3. The number of benzene rings is 1. The summed E-state index contributed by atoms with van der Waals surface area (Å²) in [5.74, 6) is -0.0491. The molecule has 1 N–H and O–H groups in total. The van der Waals surface area contributed by atoms with Crippen molar-refractivity contribution in [3.63, 3.8) is 0 Å². The van der Waals surface area contributed by atoms with Crippen molar-refractivity contribution in [1.82, 2.24) is 0 Å². The minimum absolute atomic E-state index is 0.249. The summed E-state index contributed by atoms with van der Waals surface area (Å²) in [6.07, 6.45) is 2.66. The minimum Gasteiger partial charge on any atom is -0.508 e. The molecule has 1 aromatic carbocycles. The normalized spacial score (nSPS) is 11.9. The molecule has 19 heavy (non-hydrogen) atoms. The van der Waals surface area contributed by atoms with Crippen LogP contribution in [0, 0.1) is 0 Å². The molecule has 1 atom stereocenters. The highest BCUT2D eigenvalue weighted by atomic mass is 16.7. The first-order valence-corrected chi connectivity index (χ1v) is 6.20. The molecule has 1 aromatic rings. The summed E-state index contributed by atoms with van der Waals surface area (Å²) >= 11 is 0. The second-order valence-corrected chi connectivity index (χ2v) is 4.25. The van der Waals surface area contributed by atoms with Crippen LogP contribution in [0.3, 0.4) is 0 Å². The van der Waals surface area contributed by atoms with Crippen molar-refractivity contribution in [3.05, 3.63) is 42.0 Å². The summed E-state index contributed by atoms with van der Waals surface area (Å²) in [7, 11) is 1.49. The van der Waals surface area contributed by atoms with Gasteiger partial charge in [-0.15, -0.1) is 6.58 Å². The molecule has 0 amide bonds. The van der Waals surface area contributed by atoms with Gasteiger partial charge in [0.1, 0.15) is 5.75 Å². The van der Waals surface area contributed by atoms with Gasteiger partial charge in [-0.1, -0.05) is 18.2 Å². The Morgan fingerprint density at radius 1 is 1.53 bits per heavy atom. The number of aryl methyl sites for hydroxylation is 1. The van der Waals surface area contributed by atoms with Crippen molar-refractivity contribution in [2.24, 2.45) is 0 Å². The van der Waals surface area contributed by atoms with Gasteiger partial charge in [0.15, 0.2) is 6.29 Å². The summed E-state index contributed by atoms with van der Waals surface area (Å²) in [6, 6.07) is 5.32. The third-order valence-corrected chi connectivity index (χ3v) is 2.76. The van der Waals surface area contributed by atoms with Crippen LogP contribution in [-0.4, -0.2) is 24.5 Å². The molecule has 1 unspecified atom stereocenters. The molecule has 0 aliphatic carbocycles. The Morgan fingerprint density at radius 2 is 2.26 bits per heavy atom. The Hall–Kier alpha value is -1.81. The molecule has 0 fully saturated rings. The molecule has 0 bridgehead atoms. The molecule has 104 valence electrons. The van der Waals surface area contributed by atoms with Crippen molar-refractivity contribution in [1.29, 1.82) is 0 Å². The van der Waals surface area contributed by atoms with Gasteiger partial charge >= 0.3 is 5.97 Å². The van der Waals surface area contributed by atoms with E-state index in [2.05, 4.69) is 6.58 Å². The van der Waals surface area contributed by atoms with Crippen LogP contribution in [0.15, 0.2) is 30.9 Å². The van der Waals surface area contributed by atoms with Crippen LogP contribution in [0.5, 0.6) is 5.75 Å². The van der Waals surface area contributed by atoms with E-state index in [-0.39, 0.29) is 18.1 Å². The van der Waals surface area contributed by atoms with E-state index in [9.17, 15) is 9.90 Å². The van der Waals surface area contributed by atoms with Crippen LogP contribution < -0.4 is 0 Å². The lowest BCUT2D eigenvalue weighted by atomic mass is 10.0. The number of hydrogen-bond donors (Lipinski definition) is 1. The molecule has 0 aliphatic heterocycles. The van der Waals surface area contributed by atoms with Crippen molar-refractivity contribution >= 4 is 5.97 Å². The second kappa shape index (κ2) is 7.59. The maximum Gasteiger partial charge on any atom is 0.308 e. The number of aromatic hydroxyl groups is 1. The zero-order valence-electron chi connectivity index (χ0n) is 11.4. The number of esters is 1. The Kier molecular flexibility index (Phi) is 6.09. The van der Waals surface area contributed by atoms with Gasteiger partial charge in [0.05, 0.1) is 0 Å². The molecule has 0 spiro atoms. The van der Waals surface area contributed by atoms with E-state index in [1.807, 2.05) is 6.07 Å². The maximum absolute atomic E-state index is 11.5. The van der Waals surface area contributed by atoms with E-state index in [1.165, 1.54) is 7.11 Å². The summed E-state index contributed by atoms with van der Waals surface area (Å²) in [4.78, 5) is 11.5. The number of rotatable bonds is 7. The summed E-state index contributed by atoms with van der Waals surface area (Å²) < 4.78 is 9.85. The number of methoxy groups -OCH3 is 1. The molecular weight excluding hydrogens is 244 g/mol. The van der Waals surface area contributed by atoms with E-state index in [0.29, 0.717) is 12.8 Å². The Bertz CT molecular complexity index is 440. The number of phenols is 1. The van der Waals surface area contributed by atoms with Crippen LogP contribution in [0.25, 0.3) is 0 Å². The lowest BCUT2D eigenvalue weighted by Crippen LogP contribution is -2.16. The smallest absolute Gasteiger partial charge is 0.308 e. The van der Waals surface area contributed by atoms with Crippen LogP contribution in [0.4, 0.5) is 0 Å². The molecule has 0 heterocycles. The zero-order valence-corrected chi connectivity index (χ0v) is 11.4. The number of carbonyl (C=O) groups excluding carboxylic acids is 1. The van der Waals surface area contributed by atoms with Gasteiger partial charge in [-0.25, -0.2) is 0 Å². The van der Waals surface area contributed by atoms with E-state index in [0.717, 1.165) is 11.1 Å². The fourth-order valence-corrected chi connectivity index (χ4v) is 1.65. The van der Waals surface area contributed by atoms with Gasteiger partial charge in [0, 0.05) is 13.5 Å². The topological polar surface area (TPSA) is 55.8 Å². The van der Waals surface area contributed by atoms with Crippen molar-refractivity contribution in [2.45, 2.75) is 32.5 Å². The van der Waals surface area contributed by atoms with Gasteiger partial charge in [-0.3, -0.25) is 4.79 Å². The molecule has 4 heteroatoms. The van der Waals surface area contributed by atoms with Crippen LogP contribution >= 0.6 is 0 Å². The van der Waals surface area contributed by atoms with Crippen LogP contribution in [-0.2, 0) is 27.1 Å². The zero-order chi connectivity index (χ0) is 14.3. The fourth-order valence-electron chi connectivity index (χ4n) is 1.65. The Labute approximate surface area is 113 Å². The summed E-state index contributed by atoms with van der Waals surface area (Å²) in [5.41, 5.74) is 1.79. The minimum atomic E-state index is -0.524. The lowest BCUT2D eigenvalue weighted by molar-refractivity contribution is -0.169. The summed E-state index contributed by atoms with van der Waals surface area (Å²) in [5, 5.41) is 9.64. The van der Waals surface area contributed by atoms with E-state index in [4.69, 9.17) is 9.47 Å². The molecule has 1 rings (SSSR count). The highest BCUT2D eigenvalue weighted by Gasteiger charge is 2.09. The van der Waals surface area contributed by atoms with Gasteiger partial charge in [-0.2, -0.15) is 0 Å². The van der Waals surface area contributed by atoms with Gasteiger partial charge in [0.25, 0.3) is 0 Å². The van der Waals surface area contributed by atoms with E-state index in [1.54, 1.807) is 25.1 Å². The molecule has 0 aromatic heterocycles. The van der Waals surface area contributed by atoms with Crippen molar-refractivity contribution in [2.75, 3.05) is 7.11 Å². The summed E-state index contributed by atoms with van der Waals surface area (Å²) in [6.45, 7) is 5.31. The predicted octanol–water partition coefficient (Wildman–Crippen LogP) is 2.59. The number of phenolic OH excluding ortho intramolecular Hbond substituents is 1. The monoisotopic (exact) mass is 264 g/mol. The molecular formula is C15H20O4. The molecule has 0 saturated carbocycles. The average Bonchev–Trinajstić information content (AvgIpc) is 2.39. The fraction of sp³-hybridized carbons (Fsp3) is 0.400. The van der Waals surface area contributed by atoms with Gasteiger partial charge in [0.2, 0.25) is 0 Å². The van der Waals surface area contributed by atoms with Crippen LogP contribution in [0.1, 0.15) is 24.5 Å². The van der Waals surface area contributed by atoms with E-state index < -0.39 is 6.29 Å². The molecule has 0 aliphatic rings. The predicted molar refractivity (Wildman–Crippen MR) is 72.9 cm³/mol. The van der Waals surface area contributed by atoms with E-state index >= 15 is 0 Å². The number of carbonyl (C=O) groups is 1. The largest absolute Gasteiger partial charge is 0.508 e. The van der Waals surface area contributed by atoms with Gasteiger partial charge < -0.3 is 14.6 Å². The molecule has 0 radical (unpaired) electrons. The first-order chi connectivity index (χ1) is 9.06. The molecule has 0 saturated heterocycles. The number of allylic oxidation sites excluding steroid dienone is 1. The lowest BCUT2D eigenvalue weighted by Gasteiger charge is -2.11. The SMILES string of the molecule is C=CCc1cc(CCC(=O)OC(C)OC)ccc1O. The highest BCUT2D eigenvalue weighted by molar-refractivity contribution is 5.69. The number of ether oxygens (including phenoxy) is 2. The van der Waals surface area contributed by atoms with Crippen LogP contribution in [0.2, 0.25) is 0 Å². The average molecular weight is 264 g/mol. The first-order valence-electron chi connectivity index (χ1n) is 6.20. The third-order valence-electron chi connectivity index (χ3n) is 2.76. The highest BCUT2D eigenvalue weighted by Crippen LogP contribution is 2.20. The Balaban J connectivity index is 2.55. The van der Waals surface area contributed by atoms with Crippen molar-refractivity contribution in [3.8, 4) is 5.75 Å².